The third-order valence-electron chi connectivity index (χ3n) is 2.47. The molecule has 1 amide bonds. The van der Waals surface area contributed by atoms with Gasteiger partial charge >= 0.3 is 0 Å². The lowest BCUT2D eigenvalue weighted by Gasteiger charge is -2.07. The molecule has 6 nitrogen and oxygen atoms in total. The predicted octanol–water partition coefficient (Wildman–Crippen LogP) is 1.91. The van der Waals surface area contributed by atoms with Gasteiger partial charge in [0.25, 0.3) is 21.5 Å². The molecule has 1 aromatic heterocycles. The Kier molecular flexibility index (Phi) is 4.50. The maximum absolute atomic E-state index is 12.0. The Labute approximate surface area is 133 Å². The van der Waals surface area contributed by atoms with Crippen LogP contribution in [0.15, 0.2) is 50.7 Å². The maximum atomic E-state index is 12.0. The molecule has 0 saturated heterocycles. The first-order valence-electron chi connectivity index (χ1n) is 5.50. The number of carbonyl (C=O) groups excluding carboxylic acids is 1. The minimum Gasteiger partial charge on any atom is -0.327 e. The minimum absolute atomic E-state index is 0.0606. The van der Waals surface area contributed by atoms with Gasteiger partial charge in [-0.3, -0.25) is 9.59 Å². The van der Waals surface area contributed by atoms with Crippen LogP contribution < -0.4 is 10.3 Å². The quantitative estimate of drug-likeness (QED) is 0.835. The first-order valence-corrected chi connectivity index (χ1v) is 8.16. The number of halogens is 2. The van der Waals surface area contributed by atoms with E-state index in [0.29, 0.717) is 4.47 Å². The largest absolute Gasteiger partial charge is 0.327 e. The van der Waals surface area contributed by atoms with Crippen molar-refractivity contribution in [1.82, 2.24) is 9.71 Å². The SMILES string of the molecule is O=C(NS(=O)(=O)c1ccc(Br)cc1)c1c[nH]c(=O)c(Cl)c1. The summed E-state index contributed by atoms with van der Waals surface area (Å²) in [5.74, 6) is -0.893. The van der Waals surface area contributed by atoms with Crippen molar-refractivity contribution in [3.05, 3.63) is 61.9 Å². The average Bonchev–Trinajstić information content (AvgIpc) is 2.41. The molecule has 2 aromatic rings. The molecular weight excluding hydrogens is 384 g/mol. The van der Waals surface area contributed by atoms with Gasteiger partial charge in [-0.1, -0.05) is 27.5 Å². The molecule has 9 heteroatoms. The molecule has 0 saturated carbocycles. The summed E-state index contributed by atoms with van der Waals surface area (Å²) in [4.78, 5) is 25.1. The van der Waals surface area contributed by atoms with Gasteiger partial charge in [0, 0.05) is 10.7 Å². The highest BCUT2D eigenvalue weighted by Gasteiger charge is 2.19. The molecule has 0 aliphatic heterocycles. The highest BCUT2D eigenvalue weighted by atomic mass is 79.9. The van der Waals surface area contributed by atoms with Crippen molar-refractivity contribution in [2.75, 3.05) is 0 Å². The van der Waals surface area contributed by atoms with E-state index in [1.807, 2.05) is 4.72 Å². The number of sulfonamides is 1. The normalized spacial score (nSPS) is 11.1. The molecule has 0 unspecified atom stereocenters. The van der Waals surface area contributed by atoms with Crippen molar-refractivity contribution >= 4 is 43.5 Å². The van der Waals surface area contributed by atoms with Crippen LogP contribution in [0.5, 0.6) is 0 Å². The van der Waals surface area contributed by atoms with Gasteiger partial charge < -0.3 is 4.98 Å². The minimum atomic E-state index is -4.00. The van der Waals surface area contributed by atoms with Crippen LogP contribution in [-0.4, -0.2) is 19.3 Å². The number of hydrogen-bond acceptors (Lipinski definition) is 4. The van der Waals surface area contributed by atoms with Gasteiger partial charge in [0.15, 0.2) is 0 Å². The number of carbonyl (C=O) groups is 1. The standard InChI is InChI=1S/C12H8BrClN2O4S/c13-8-1-3-9(4-2-8)21(19,20)16-11(17)7-5-10(14)12(18)15-6-7/h1-6H,(H,15,18)(H,16,17). The van der Waals surface area contributed by atoms with Crippen molar-refractivity contribution in [2.45, 2.75) is 4.90 Å². The average molecular weight is 392 g/mol. The van der Waals surface area contributed by atoms with Crippen molar-refractivity contribution < 1.29 is 13.2 Å². The van der Waals surface area contributed by atoms with Crippen LogP contribution >= 0.6 is 27.5 Å². The van der Waals surface area contributed by atoms with Gasteiger partial charge in [-0.05, 0) is 30.3 Å². The first-order chi connectivity index (χ1) is 9.79. The second kappa shape index (κ2) is 6.00. The first kappa shape index (κ1) is 15.7. The third kappa shape index (κ3) is 3.72. The van der Waals surface area contributed by atoms with E-state index < -0.39 is 21.5 Å². The molecule has 0 spiro atoms. The molecule has 110 valence electrons. The molecule has 0 aliphatic carbocycles. The number of amides is 1. The lowest BCUT2D eigenvalue weighted by atomic mass is 10.3. The number of aromatic amines is 1. The predicted molar refractivity (Wildman–Crippen MR) is 80.9 cm³/mol. The van der Waals surface area contributed by atoms with Crippen LogP contribution in [0.2, 0.25) is 5.02 Å². The van der Waals surface area contributed by atoms with Gasteiger partial charge in [-0.25, -0.2) is 13.1 Å². The number of nitrogens with one attached hydrogen (secondary N) is 2. The smallest absolute Gasteiger partial charge is 0.266 e. The summed E-state index contributed by atoms with van der Waals surface area (Å²) >= 11 is 8.77. The second-order valence-electron chi connectivity index (χ2n) is 3.95. The third-order valence-corrected chi connectivity index (χ3v) is 4.63. The van der Waals surface area contributed by atoms with E-state index in [2.05, 4.69) is 20.9 Å². The van der Waals surface area contributed by atoms with Crippen LogP contribution in [0, 0.1) is 0 Å². The van der Waals surface area contributed by atoms with Gasteiger partial charge in [-0.2, -0.15) is 0 Å². The van der Waals surface area contributed by atoms with Gasteiger partial charge in [-0.15, -0.1) is 0 Å². The zero-order valence-corrected chi connectivity index (χ0v) is 13.4. The van der Waals surface area contributed by atoms with E-state index in [1.54, 1.807) is 0 Å². The number of rotatable bonds is 3. The van der Waals surface area contributed by atoms with E-state index in [0.717, 1.165) is 12.3 Å². The number of H-pyrrole nitrogens is 1. The van der Waals surface area contributed by atoms with Crippen LogP contribution in [0.3, 0.4) is 0 Å². The Balaban J connectivity index is 2.27. The van der Waals surface area contributed by atoms with E-state index in [1.165, 1.54) is 24.3 Å². The van der Waals surface area contributed by atoms with Crippen LogP contribution in [-0.2, 0) is 10.0 Å². The summed E-state index contributed by atoms with van der Waals surface area (Å²) in [6, 6.07) is 6.86. The molecule has 1 heterocycles. The fourth-order valence-electron chi connectivity index (χ4n) is 1.44. The van der Waals surface area contributed by atoms with E-state index in [4.69, 9.17) is 11.6 Å². The Morgan fingerprint density at radius 2 is 1.86 bits per heavy atom. The molecule has 2 rings (SSSR count). The van der Waals surface area contributed by atoms with Crippen LogP contribution in [0.25, 0.3) is 0 Å². The molecule has 21 heavy (non-hydrogen) atoms. The van der Waals surface area contributed by atoms with Crippen molar-refractivity contribution in [2.24, 2.45) is 0 Å². The summed E-state index contributed by atoms with van der Waals surface area (Å²) in [6.07, 6.45) is 1.08. The van der Waals surface area contributed by atoms with Crippen molar-refractivity contribution in [3.63, 3.8) is 0 Å². The topological polar surface area (TPSA) is 96.1 Å². The van der Waals surface area contributed by atoms with Crippen LogP contribution in [0.4, 0.5) is 0 Å². The Morgan fingerprint density at radius 1 is 1.24 bits per heavy atom. The van der Waals surface area contributed by atoms with Crippen LogP contribution in [0.1, 0.15) is 10.4 Å². The number of hydrogen-bond donors (Lipinski definition) is 2. The zero-order valence-electron chi connectivity index (χ0n) is 10.3. The summed E-state index contributed by atoms with van der Waals surface area (Å²) in [7, 11) is -4.00. The highest BCUT2D eigenvalue weighted by Crippen LogP contribution is 2.15. The fourth-order valence-corrected chi connectivity index (χ4v) is 2.85. The van der Waals surface area contributed by atoms with Gasteiger partial charge in [0.2, 0.25) is 0 Å². The molecule has 0 radical (unpaired) electrons. The van der Waals surface area contributed by atoms with Crippen molar-refractivity contribution in [3.8, 4) is 0 Å². The molecule has 0 bridgehead atoms. The Hall–Kier alpha value is -1.64. The maximum Gasteiger partial charge on any atom is 0.266 e. The zero-order chi connectivity index (χ0) is 15.6. The number of aromatic nitrogens is 1. The lowest BCUT2D eigenvalue weighted by Crippen LogP contribution is -2.31. The second-order valence-corrected chi connectivity index (χ2v) is 6.96. The Morgan fingerprint density at radius 3 is 2.43 bits per heavy atom. The lowest BCUT2D eigenvalue weighted by molar-refractivity contribution is 0.0981. The number of pyridine rings is 1. The fraction of sp³-hybridized carbons (Fsp3) is 0. The van der Waals surface area contributed by atoms with Gasteiger partial charge in [0.05, 0.1) is 10.5 Å². The summed E-state index contributed by atoms with van der Waals surface area (Å²) in [6.45, 7) is 0. The molecule has 1 aromatic carbocycles. The van der Waals surface area contributed by atoms with E-state index in [9.17, 15) is 18.0 Å². The Bertz CT molecular complexity index is 846. The highest BCUT2D eigenvalue weighted by molar-refractivity contribution is 9.10. The molecule has 0 atom stereocenters. The van der Waals surface area contributed by atoms with E-state index >= 15 is 0 Å². The molecule has 0 fully saturated rings. The molecule has 2 N–H and O–H groups in total. The van der Waals surface area contributed by atoms with E-state index in [-0.39, 0.29) is 15.5 Å². The molecule has 0 aliphatic rings. The van der Waals surface area contributed by atoms with Gasteiger partial charge in [0.1, 0.15) is 5.02 Å². The monoisotopic (exact) mass is 390 g/mol. The van der Waals surface area contributed by atoms with Crippen molar-refractivity contribution in [1.29, 1.82) is 0 Å². The molecular formula is C12H8BrClN2O4S. The summed E-state index contributed by atoms with van der Waals surface area (Å²) < 4.78 is 26.7. The number of benzene rings is 1. The summed E-state index contributed by atoms with van der Waals surface area (Å²) in [5.41, 5.74) is -0.635. The summed E-state index contributed by atoms with van der Waals surface area (Å²) in [5, 5.41) is -0.205.